The molecule has 0 aliphatic heterocycles. The molecule has 25 heavy (non-hydrogen) atoms. The van der Waals surface area contributed by atoms with E-state index in [0.29, 0.717) is 27.0 Å². The molecule has 8 heteroatoms. The Labute approximate surface area is 153 Å². The van der Waals surface area contributed by atoms with Gasteiger partial charge in [0.2, 0.25) is 5.91 Å². The molecule has 0 saturated heterocycles. The van der Waals surface area contributed by atoms with Crippen molar-refractivity contribution < 1.29 is 9.59 Å². The standard InChI is InChI=1S/C17H13ClN4O2S/c1-10(23)19-13-6-8-14(9-7-13)20-17(24)16-15(21-22-25-16)11-2-4-12(18)5-3-11/h2-9H,1H3,(H,19,23)(H,20,24). The summed E-state index contributed by atoms with van der Waals surface area (Å²) in [7, 11) is 0. The molecule has 2 aromatic carbocycles. The van der Waals surface area contributed by atoms with Crippen molar-refractivity contribution in [1.82, 2.24) is 9.59 Å². The highest BCUT2D eigenvalue weighted by molar-refractivity contribution is 7.08. The number of nitrogens with zero attached hydrogens (tertiary/aromatic N) is 2. The SMILES string of the molecule is CC(=O)Nc1ccc(NC(=O)c2snnc2-c2ccc(Cl)cc2)cc1. The molecule has 0 aliphatic rings. The van der Waals surface area contributed by atoms with E-state index in [1.165, 1.54) is 6.92 Å². The van der Waals surface area contributed by atoms with Crippen LogP contribution in [-0.2, 0) is 4.79 Å². The first-order valence-electron chi connectivity index (χ1n) is 7.30. The molecule has 0 spiro atoms. The lowest BCUT2D eigenvalue weighted by molar-refractivity contribution is -0.114. The minimum absolute atomic E-state index is 0.153. The van der Waals surface area contributed by atoms with Gasteiger partial charge in [0.1, 0.15) is 10.6 Å². The Balaban J connectivity index is 1.77. The van der Waals surface area contributed by atoms with E-state index in [1.54, 1.807) is 48.5 Å². The number of carbonyl (C=O) groups is 2. The van der Waals surface area contributed by atoms with Crippen molar-refractivity contribution in [3.05, 3.63) is 58.4 Å². The number of hydrogen-bond donors (Lipinski definition) is 2. The molecule has 126 valence electrons. The number of benzene rings is 2. The largest absolute Gasteiger partial charge is 0.326 e. The smallest absolute Gasteiger partial charge is 0.269 e. The summed E-state index contributed by atoms with van der Waals surface area (Å²) in [4.78, 5) is 24.0. The predicted octanol–water partition coefficient (Wildman–Crippen LogP) is 4.07. The Morgan fingerprint density at radius 2 is 1.56 bits per heavy atom. The van der Waals surface area contributed by atoms with Crippen LogP contribution in [0.1, 0.15) is 16.6 Å². The molecule has 1 heterocycles. The molecule has 2 N–H and O–H groups in total. The maximum Gasteiger partial charge on any atom is 0.269 e. The number of anilines is 2. The molecule has 1 aromatic heterocycles. The number of halogens is 1. The fraction of sp³-hybridized carbons (Fsp3) is 0.0588. The first kappa shape index (κ1) is 17.1. The average molecular weight is 373 g/mol. The quantitative estimate of drug-likeness (QED) is 0.723. The molecule has 0 radical (unpaired) electrons. The minimum Gasteiger partial charge on any atom is -0.326 e. The van der Waals surface area contributed by atoms with Gasteiger partial charge in [-0.1, -0.05) is 28.2 Å². The fourth-order valence-corrected chi connectivity index (χ4v) is 2.87. The van der Waals surface area contributed by atoms with Crippen LogP contribution in [-0.4, -0.2) is 21.4 Å². The van der Waals surface area contributed by atoms with Crippen molar-refractivity contribution in [2.75, 3.05) is 10.6 Å². The predicted molar refractivity (Wildman–Crippen MR) is 99.1 cm³/mol. The molecule has 0 bridgehead atoms. The van der Waals surface area contributed by atoms with E-state index in [0.717, 1.165) is 17.1 Å². The Morgan fingerprint density at radius 1 is 0.960 bits per heavy atom. The van der Waals surface area contributed by atoms with Crippen LogP contribution < -0.4 is 10.6 Å². The second-order valence-corrected chi connectivity index (χ2v) is 6.36. The highest BCUT2D eigenvalue weighted by atomic mass is 35.5. The summed E-state index contributed by atoms with van der Waals surface area (Å²) in [6.45, 7) is 1.44. The van der Waals surface area contributed by atoms with Gasteiger partial charge in [-0.25, -0.2) is 0 Å². The van der Waals surface area contributed by atoms with Gasteiger partial charge in [-0.2, -0.15) is 0 Å². The maximum absolute atomic E-state index is 12.5. The van der Waals surface area contributed by atoms with Gasteiger partial charge in [0.05, 0.1) is 0 Å². The normalized spacial score (nSPS) is 10.3. The number of aromatic nitrogens is 2. The van der Waals surface area contributed by atoms with E-state index >= 15 is 0 Å². The van der Waals surface area contributed by atoms with Crippen LogP contribution in [0, 0.1) is 0 Å². The van der Waals surface area contributed by atoms with E-state index in [1.807, 2.05) is 0 Å². The summed E-state index contributed by atoms with van der Waals surface area (Å²) in [5, 5.41) is 10.1. The van der Waals surface area contributed by atoms with Crippen molar-refractivity contribution in [3.8, 4) is 11.3 Å². The second-order valence-electron chi connectivity index (χ2n) is 5.17. The van der Waals surface area contributed by atoms with Gasteiger partial charge in [0.15, 0.2) is 0 Å². The average Bonchev–Trinajstić information content (AvgIpc) is 3.06. The zero-order valence-corrected chi connectivity index (χ0v) is 14.7. The number of hydrogen-bond acceptors (Lipinski definition) is 5. The molecule has 0 fully saturated rings. The van der Waals surface area contributed by atoms with E-state index in [4.69, 9.17) is 11.6 Å². The van der Waals surface area contributed by atoms with Crippen molar-refractivity contribution >= 4 is 46.3 Å². The first-order chi connectivity index (χ1) is 12.0. The van der Waals surface area contributed by atoms with Crippen LogP contribution in [0.2, 0.25) is 5.02 Å². The number of nitrogens with one attached hydrogen (secondary N) is 2. The van der Waals surface area contributed by atoms with Gasteiger partial charge >= 0.3 is 0 Å². The van der Waals surface area contributed by atoms with Crippen LogP contribution in [0.15, 0.2) is 48.5 Å². The zero-order chi connectivity index (χ0) is 17.8. The number of carbonyl (C=O) groups excluding carboxylic acids is 2. The summed E-state index contributed by atoms with van der Waals surface area (Å²) < 4.78 is 3.88. The second kappa shape index (κ2) is 7.42. The molecule has 6 nitrogen and oxygen atoms in total. The van der Waals surface area contributed by atoms with Crippen molar-refractivity contribution in [1.29, 1.82) is 0 Å². The summed E-state index contributed by atoms with van der Waals surface area (Å²) >= 11 is 6.91. The Morgan fingerprint density at radius 3 is 2.16 bits per heavy atom. The molecule has 0 atom stereocenters. The van der Waals surface area contributed by atoms with Crippen LogP contribution in [0.3, 0.4) is 0 Å². The molecule has 0 saturated carbocycles. The van der Waals surface area contributed by atoms with E-state index in [2.05, 4.69) is 20.2 Å². The maximum atomic E-state index is 12.5. The van der Waals surface area contributed by atoms with Crippen LogP contribution >= 0.6 is 23.1 Å². The van der Waals surface area contributed by atoms with Gasteiger partial charge in [-0.05, 0) is 47.9 Å². The summed E-state index contributed by atoms with van der Waals surface area (Å²) in [5.41, 5.74) is 2.54. The van der Waals surface area contributed by atoms with E-state index < -0.39 is 0 Å². The molecule has 0 aliphatic carbocycles. The molecular weight excluding hydrogens is 360 g/mol. The molecule has 2 amide bonds. The zero-order valence-electron chi connectivity index (χ0n) is 13.1. The van der Waals surface area contributed by atoms with Crippen molar-refractivity contribution in [3.63, 3.8) is 0 Å². The third kappa shape index (κ3) is 4.20. The Hall–Kier alpha value is -2.77. The van der Waals surface area contributed by atoms with E-state index in [-0.39, 0.29) is 11.8 Å². The van der Waals surface area contributed by atoms with Crippen LogP contribution in [0.4, 0.5) is 11.4 Å². The van der Waals surface area contributed by atoms with Gasteiger partial charge in [0, 0.05) is 28.9 Å². The number of amides is 2. The van der Waals surface area contributed by atoms with Crippen LogP contribution in [0.5, 0.6) is 0 Å². The highest BCUT2D eigenvalue weighted by Gasteiger charge is 2.18. The van der Waals surface area contributed by atoms with E-state index in [9.17, 15) is 9.59 Å². The monoisotopic (exact) mass is 372 g/mol. The van der Waals surface area contributed by atoms with Gasteiger partial charge in [0.25, 0.3) is 5.91 Å². The first-order valence-corrected chi connectivity index (χ1v) is 8.45. The van der Waals surface area contributed by atoms with Crippen molar-refractivity contribution in [2.45, 2.75) is 6.92 Å². The highest BCUT2D eigenvalue weighted by Crippen LogP contribution is 2.26. The van der Waals surface area contributed by atoms with Gasteiger partial charge in [-0.3, -0.25) is 9.59 Å². The van der Waals surface area contributed by atoms with Crippen molar-refractivity contribution in [2.24, 2.45) is 0 Å². The lowest BCUT2D eigenvalue weighted by atomic mass is 10.1. The topological polar surface area (TPSA) is 84.0 Å². The third-order valence-corrected chi connectivity index (χ3v) is 4.25. The minimum atomic E-state index is -0.299. The lowest BCUT2D eigenvalue weighted by Crippen LogP contribution is -2.11. The molecule has 3 aromatic rings. The molecule has 3 rings (SSSR count). The van der Waals surface area contributed by atoms with Gasteiger partial charge in [-0.15, -0.1) is 5.10 Å². The third-order valence-electron chi connectivity index (χ3n) is 3.28. The lowest BCUT2D eigenvalue weighted by Gasteiger charge is -2.07. The van der Waals surface area contributed by atoms with Gasteiger partial charge < -0.3 is 10.6 Å². The molecule has 0 unspecified atom stereocenters. The Bertz CT molecular complexity index is 907. The van der Waals surface area contributed by atoms with Crippen LogP contribution in [0.25, 0.3) is 11.3 Å². The Kier molecular flexibility index (Phi) is 5.06. The summed E-state index contributed by atoms with van der Waals surface area (Å²) in [6, 6.07) is 13.9. The fourth-order valence-electron chi connectivity index (χ4n) is 2.16. The number of rotatable bonds is 4. The molecular formula is C17H13ClN4O2S. The summed E-state index contributed by atoms with van der Waals surface area (Å²) in [5.74, 6) is -0.452. The summed E-state index contributed by atoms with van der Waals surface area (Å²) in [6.07, 6.45) is 0.